The van der Waals surface area contributed by atoms with Gasteiger partial charge in [-0.25, -0.2) is 0 Å². The highest BCUT2D eigenvalue weighted by Gasteiger charge is 2.29. The maximum absolute atomic E-state index is 12.1. The molecule has 146 valence electrons. The Hall–Kier alpha value is -3.93. The van der Waals surface area contributed by atoms with Gasteiger partial charge in [0.25, 0.3) is 0 Å². The molecule has 6 rings (SSSR count). The van der Waals surface area contributed by atoms with Gasteiger partial charge in [-0.15, -0.1) is 0 Å². The average molecular weight is 393 g/mol. The SMILES string of the molecule is O=C(Nc1cncc(-c2ccc3[nH]nc(-c4cc5ccccc5[nH]4)c3c2)c1)C1CC1. The monoisotopic (exact) mass is 393 g/mol. The minimum Gasteiger partial charge on any atom is -0.353 e. The van der Waals surface area contributed by atoms with Crippen molar-refractivity contribution in [2.24, 2.45) is 5.92 Å². The maximum atomic E-state index is 12.1. The number of anilines is 1. The van der Waals surface area contributed by atoms with Crippen LogP contribution in [0.5, 0.6) is 0 Å². The van der Waals surface area contributed by atoms with Crippen LogP contribution in [0.3, 0.4) is 0 Å². The smallest absolute Gasteiger partial charge is 0.227 e. The second-order valence-corrected chi connectivity index (χ2v) is 7.83. The van der Waals surface area contributed by atoms with E-state index in [0.717, 1.165) is 62.8 Å². The Morgan fingerprint density at radius 3 is 2.73 bits per heavy atom. The number of pyridine rings is 1. The second kappa shape index (κ2) is 6.56. The van der Waals surface area contributed by atoms with Crippen LogP contribution in [0.4, 0.5) is 5.69 Å². The van der Waals surface area contributed by atoms with E-state index in [2.05, 4.69) is 49.7 Å². The summed E-state index contributed by atoms with van der Waals surface area (Å²) in [6.07, 6.45) is 5.46. The van der Waals surface area contributed by atoms with Crippen LogP contribution >= 0.6 is 0 Å². The number of amides is 1. The van der Waals surface area contributed by atoms with Crippen molar-refractivity contribution in [2.45, 2.75) is 12.8 Å². The Kier molecular flexibility index (Phi) is 3.71. The van der Waals surface area contributed by atoms with Crippen molar-refractivity contribution >= 4 is 33.4 Å². The molecule has 1 fully saturated rings. The first-order chi connectivity index (χ1) is 14.7. The van der Waals surface area contributed by atoms with Gasteiger partial charge < -0.3 is 10.3 Å². The minimum atomic E-state index is 0.0836. The number of carbonyl (C=O) groups is 1. The standard InChI is InChI=1S/C24H19N5O/c30-24(14-5-6-14)26-18-9-17(12-25-13-18)15-7-8-21-19(10-15)23(29-28-21)22-11-16-3-1-2-4-20(16)27-22/h1-4,7-14,27H,5-6H2,(H,26,30)(H,28,29). The van der Waals surface area contributed by atoms with E-state index in [4.69, 9.17) is 0 Å². The molecule has 3 heterocycles. The largest absolute Gasteiger partial charge is 0.353 e. The zero-order valence-electron chi connectivity index (χ0n) is 16.1. The summed E-state index contributed by atoms with van der Waals surface area (Å²) < 4.78 is 0. The molecule has 30 heavy (non-hydrogen) atoms. The lowest BCUT2D eigenvalue weighted by molar-refractivity contribution is -0.117. The van der Waals surface area contributed by atoms with Gasteiger partial charge in [-0.1, -0.05) is 24.3 Å². The number of benzene rings is 2. The van der Waals surface area contributed by atoms with Gasteiger partial charge in [0.05, 0.1) is 23.1 Å². The van der Waals surface area contributed by atoms with Crippen molar-refractivity contribution in [2.75, 3.05) is 5.32 Å². The molecular weight excluding hydrogens is 374 g/mol. The van der Waals surface area contributed by atoms with Crippen molar-refractivity contribution in [3.05, 3.63) is 67.0 Å². The third kappa shape index (κ3) is 2.93. The van der Waals surface area contributed by atoms with Crippen molar-refractivity contribution in [3.8, 4) is 22.5 Å². The van der Waals surface area contributed by atoms with Gasteiger partial charge in [0, 0.05) is 34.0 Å². The lowest BCUT2D eigenvalue weighted by atomic mass is 10.0. The summed E-state index contributed by atoms with van der Waals surface area (Å²) in [7, 11) is 0. The van der Waals surface area contributed by atoms with Gasteiger partial charge in [-0.2, -0.15) is 5.10 Å². The molecule has 1 aliphatic carbocycles. The molecule has 0 atom stereocenters. The molecule has 1 aliphatic rings. The zero-order chi connectivity index (χ0) is 20.1. The molecule has 3 N–H and O–H groups in total. The van der Waals surface area contributed by atoms with Crippen LogP contribution in [-0.4, -0.2) is 26.1 Å². The highest BCUT2D eigenvalue weighted by molar-refractivity contribution is 5.98. The molecule has 0 radical (unpaired) electrons. The molecule has 0 aliphatic heterocycles. The molecule has 2 aromatic carbocycles. The number of H-pyrrole nitrogens is 2. The summed E-state index contributed by atoms with van der Waals surface area (Å²) in [4.78, 5) is 19.9. The fourth-order valence-corrected chi connectivity index (χ4v) is 3.86. The number of aromatic nitrogens is 4. The first kappa shape index (κ1) is 17.0. The third-order valence-electron chi connectivity index (χ3n) is 5.64. The highest BCUT2D eigenvalue weighted by Crippen LogP contribution is 2.33. The number of hydrogen-bond donors (Lipinski definition) is 3. The predicted octanol–water partition coefficient (Wildman–Crippen LogP) is 5.12. The Morgan fingerprint density at radius 2 is 1.87 bits per heavy atom. The number of hydrogen-bond acceptors (Lipinski definition) is 3. The Morgan fingerprint density at radius 1 is 0.967 bits per heavy atom. The molecule has 0 spiro atoms. The summed E-state index contributed by atoms with van der Waals surface area (Å²) >= 11 is 0. The number of rotatable bonds is 4. The Labute approximate surface area is 172 Å². The number of nitrogens with zero attached hydrogens (tertiary/aromatic N) is 2. The fourth-order valence-electron chi connectivity index (χ4n) is 3.86. The van der Waals surface area contributed by atoms with E-state index in [0.29, 0.717) is 0 Å². The van der Waals surface area contributed by atoms with Gasteiger partial charge in [0.15, 0.2) is 0 Å². The molecule has 0 unspecified atom stereocenters. The average Bonchev–Trinajstić information content (AvgIpc) is 3.40. The van der Waals surface area contributed by atoms with E-state index in [-0.39, 0.29) is 11.8 Å². The Bertz CT molecular complexity index is 1380. The second-order valence-electron chi connectivity index (χ2n) is 7.83. The molecule has 1 amide bonds. The van der Waals surface area contributed by atoms with Crippen molar-refractivity contribution in [1.29, 1.82) is 0 Å². The molecule has 1 saturated carbocycles. The number of aromatic amines is 2. The highest BCUT2D eigenvalue weighted by atomic mass is 16.2. The number of para-hydroxylation sites is 1. The molecule has 5 aromatic rings. The van der Waals surface area contributed by atoms with Gasteiger partial charge in [-0.05, 0) is 48.7 Å². The summed E-state index contributed by atoms with van der Waals surface area (Å²) in [5.41, 5.74) is 6.62. The summed E-state index contributed by atoms with van der Waals surface area (Å²) in [5.74, 6) is 0.245. The van der Waals surface area contributed by atoms with E-state index < -0.39 is 0 Å². The minimum absolute atomic E-state index is 0.0836. The van der Waals surface area contributed by atoms with Gasteiger partial charge in [-0.3, -0.25) is 14.9 Å². The molecule has 6 nitrogen and oxygen atoms in total. The van der Waals surface area contributed by atoms with E-state index in [9.17, 15) is 4.79 Å². The van der Waals surface area contributed by atoms with E-state index >= 15 is 0 Å². The van der Waals surface area contributed by atoms with Crippen molar-refractivity contribution in [1.82, 2.24) is 20.2 Å². The maximum Gasteiger partial charge on any atom is 0.227 e. The summed E-state index contributed by atoms with van der Waals surface area (Å²) in [5, 5.41) is 12.8. The fraction of sp³-hybridized carbons (Fsp3) is 0.125. The van der Waals surface area contributed by atoms with Crippen molar-refractivity contribution in [3.63, 3.8) is 0 Å². The third-order valence-corrected chi connectivity index (χ3v) is 5.64. The van der Waals surface area contributed by atoms with Crippen LogP contribution in [0.2, 0.25) is 0 Å². The summed E-state index contributed by atoms with van der Waals surface area (Å²) in [6, 6.07) is 18.5. The quantitative estimate of drug-likeness (QED) is 0.396. The number of carbonyl (C=O) groups excluding carboxylic acids is 1. The molecular formula is C24H19N5O. The first-order valence-corrected chi connectivity index (χ1v) is 10.1. The molecule has 0 bridgehead atoms. The zero-order valence-corrected chi connectivity index (χ0v) is 16.1. The van der Waals surface area contributed by atoms with Gasteiger partial charge in [0.1, 0.15) is 5.69 Å². The predicted molar refractivity (Wildman–Crippen MR) is 118 cm³/mol. The molecule has 6 heteroatoms. The molecule has 3 aromatic heterocycles. The number of nitrogens with one attached hydrogen (secondary N) is 3. The van der Waals surface area contributed by atoms with E-state index in [1.54, 1.807) is 6.20 Å². The van der Waals surface area contributed by atoms with E-state index in [1.807, 2.05) is 36.5 Å². The number of fused-ring (bicyclic) bond motifs is 2. The van der Waals surface area contributed by atoms with Crippen LogP contribution in [0, 0.1) is 5.92 Å². The first-order valence-electron chi connectivity index (χ1n) is 10.1. The Balaban J connectivity index is 1.40. The van der Waals surface area contributed by atoms with E-state index in [1.165, 1.54) is 0 Å². The van der Waals surface area contributed by atoms with Gasteiger partial charge >= 0.3 is 0 Å². The molecule has 0 saturated heterocycles. The van der Waals surface area contributed by atoms with Crippen LogP contribution in [-0.2, 0) is 4.79 Å². The lowest BCUT2D eigenvalue weighted by Crippen LogP contribution is -2.13. The van der Waals surface area contributed by atoms with Crippen LogP contribution in [0.1, 0.15) is 12.8 Å². The van der Waals surface area contributed by atoms with Crippen LogP contribution in [0.25, 0.3) is 44.3 Å². The lowest BCUT2D eigenvalue weighted by Gasteiger charge is -2.07. The summed E-state index contributed by atoms with van der Waals surface area (Å²) in [6.45, 7) is 0. The van der Waals surface area contributed by atoms with Crippen LogP contribution in [0.15, 0.2) is 67.0 Å². The van der Waals surface area contributed by atoms with Gasteiger partial charge in [0.2, 0.25) is 5.91 Å². The normalized spacial score (nSPS) is 13.7. The van der Waals surface area contributed by atoms with Crippen molar-refractivity contribution < 1.29 is 4.79 Å². The topological polar surface area (TPSA) is 86.5 Å². The van der Waals surface area contributed by atoms with Crippen LogP contribution < -0.4 is 5.32 Å².